The summed E-state index contributed by atoms with van der Waals surface area (Å²) in [6, 6.07) is 0.0888. The molecule has 2 fully saturated rings. The van der Waals surface area contributed by atoms with Gasteiger partial charge < -0.3 is 19.6 Å². The maximum atomic E-state index is 12.5. The largest absolute Gasteiger partial charge is 0.481 e. The Morgan fingerprint density at radius 2 is 2.10 bits per heavy atom. The smallest absolute Gasteiger partial charge is 0.320 e. The molecule has 2 rings (SSSR count). The molecular weight excluding hydrogens is 260 g/mol. The van der Waals surface area contributed by atoms with Crippen molar-refractivity contribution in [1.29, 1.82) is 0 Å². The van der Waals surface area contributed by atoms with Crippen molar-refractivity contribution in [1.82, 2.24) is 9.80 Å². The van der Waals surface area contributed by atoms with Crippen molar-refractivity contribution in [3.63, 3.8) is 0 Å². The zero-order chi connectivity index (χ0) is 14.7. The molecule has 1 saturated carbocycles. The molecule has 1 heterocycles. The third-order valence-corrected chi connectivity index (χ3v) is 4.27. The van der Waals surface area contributed by atoms with Crippen LogP contribution in [0, 0.1) is 5.92 Å². The highest BCUT2D eigenvalue weighted by atomic mass is 16.5. The lowest BCUT2D eigenvalue weighted by Gasteiger charge is -2.45. The number of ether oxygens (including phenoxy) is 1. The van der Waals surface area contributed by atoms with Crippen LogP contribution >= 0.6 is 0 Å². The molecule has 2 aliphatic rings. The molecule has 1 aliphatic heterocycles. The van der Waals surface area contributed by atoms with Gasteiger partial charge in [0.05, 0.1) is 24.7 Å². The van der Waals surface area contributed by atoms with Gasteiger partial charge in [-0.3, -0.25) is 4.79 Å². The number of carbonyl (C=O) groups is 2. The standard InChI is InChI=1S/C14H24N2O4/c1-10(13(17)18)9-15(2)14(19)16-7-8-20-12-6-4-3-5-11(12)16/h10-12H,3-9H2,1-2H3,(H,17,18). The van der Waals surface area contributed by atoms with E-state index in [1.54, 1.807) is 14.0 Å². The quantitative estimate of drug-likeness (QED) is 0.850. The summed E-state index contributed by atoms with van der Waals surface area (Å²) in [6.07, 6.45) is 4.45. The SMILES string of the molecule is CC(CN(C)C(=O)N1CCOC2CCCCC21)C(=O)O. The first-order valence-corrected chi connectivity index (χ1v) is 7.37. The van der Waals surface area contributed by atoms with Gasteiger partial charge in [-0.15, -0.1) is 0 Å². The highest BCUT2D eigenvalue weighted by molar-refractivity contribution is 5.76. The Balaban J connectivity index is 1.97. The van der Waals surface area contributed by atoms with Gasteiger partial charge in [-0.05, 0) is 12.8 Å². The molecule has 1 saturated heterocycles. The Labute approximate surface area is 119 Å². The van der Waals surface area contributed by atoms with E-state index >= 15 is 0 Å². The highest BCUT2D eigenvalue weighted by Gasteiger charge is 2.37. The van der Waals surface area contributed by atoms with Gasteiger partial charge in [0.25, 0.3) is 0 Å². The fourth-order valence-electron chi connectivity index (χ4n) is 3.12. The first-order chi connectivity index (χ1) is 9.50. The Morgan fingerprint density at radius 3 is 2.80 bits per heavy atom. The number of nitrogens with zero attached hydrogens (tertiary/aromatic N) is 2. The lowest BCUT2D eigenvalue weighted by Crippen LogP contribution is -2.58. The number of carbonyl (C=O) groups excluding carboxylic acids is 1. The highest BCUT2D eigenvalue weighted by Crippen LogP contribution is 2.29. The van der Waals surface area contributed by atoms with Gasteiger partial charge in [0, 0.05) is 20.1 Å². The van der Waals surface area contributed by atoms with E-state index in [1.807, 2.05) is 4.90 Å². The van der Waals surface area contributed by atoms with Crippen molar-refractivity contribution in [2.24, 2.45) is 5.92 Å². The predicted molar refractivity (Wildman–Crippen MR) is 73.5 cm³/mol. The van der Waals surface area contributed by atoms with Crippen LogP contribution in [0.5, 0.6) is 0 Å². The average molecular weight is 284 g/mol. The first-order valence-electron chi connectivity index (χ1n) is 7.37. The lowest BCUT2D eigenvalue weighted by molar-refractivity contribution is -0.141. The average Bonchev–Trinajstić information content (AvgIpc) is 2.45. The van der Waals surface area contributed by atoms with Gasteiger partial charge in [0.15, 0.2) is 0 Å². The number of hydrogen-bond donors (Lipinski definition) is 1. The second-order valence-corrected chi connectivity index (χ2v) is 5.86. The number of carboxylic acid groups (broad SMARTS) is 1. The second-order valence-electron chi connectivity index (χ2n) is 5.86. The number of hydrogen-bond acceptors (Lipinski definition) is 3. The van der Waals surface area contributed by atoms with Gasteiger partial charge in [0.2, 0.25) is 0 Å². The van der Waals surface area contributed by atoms with E-state index in [1.165, 1.54) is 4.90 Å². The maximum absolute atomic E-state index is 12.5. The summed E-state index contributed by atoms with van der Waals surface area (Å²) in [5.74, 6) is -1.42. The lowest BCUT2D eigenvalue weighted by atomic mass is 9.90. The summed E-state index contributed by atoms with van der Waals surface area (Å²) in [6.45, 7) is 3.04. The number of amides is 2. The van der Waals surface area contributed by atoms with E-state index in [2.05, 4.69) is 0 Å². The summed E-state index contributed by atoms with van der Waals surface area (Å²) in [7, 11) is 1.68. The number of aliphatic carboxylic acids is 1. The molecule has 20 heavy (non-hydrogen) atoms. The summed E-state index contributed by atoms with van der Waals surface area (Å²) >= 11 is 0. The van der Waals surface area contributed by atoms with Gasteiger partial charge >= 0.3 is 12.0 Å². The zero-order valence-corrected chi connectivity index (χ0v) is 12.2. The van der Waals surface area contributed by atoms with Crippen molar-refractivity contribution in [2.75, 3.05) is 26.7 Å². The second kappa shape index (κ2) is 6.43. The van der Waals surface area contributed by atoms with E-state index in [9.17, 15) is 9.59 Å². The van der Waals surface area contributed by atoms with Gasteiger partial charge in [-0.1, -0.05) is 19.8 Å². The Morgan fingerprint density at radius 1 is 1.40 bits per heavy atom. The summed E-state index contributed by atoms with van der Waals surface area (Å²) in [5, 5.41) is 8.94. The van der Waals surface area contributed by atoms with E-state index < -0.39 is 11.9 Å². The Hall–Kier alpha value is -1.30. The fraction of sp³-hybridized carbons (Fsp3) is 0.857. The first kappa shape index (κ1) is 15.1. The van der Waals surface area contributed by atoms with Crippen molar-refractivity contribution < 1.29 is 19.4 Å². The fourth-order valence-corrected chi connectivity index (χ4v) is 3.12. The molecule has 0 aromatic heterocycles. The van der Waals surface area contributed by atoms with Crippen molar-refractivity contribution in [2.45, 2.75) is 44.8 Å². The monoisotopic (exact) mass is 284 g/mol. The summed E-state index contributed by atoms with van der Waals surface area (Å²) < 4.78 is 5.75. The Kier molecular flexibility index (Phi) is 4.86. The Bertz CT molecular complexity index is 372. The molecule has 0 aromatic rings. The van der Waals surface area contributed by atoms with Crippen LogP contribution in [0.25, 0.3) is 0 Å². The van der Waals surface area contributed by atoms with Gasteiger partial charge in [-0.2, -0.15) is 0 Å². The molecule has 1 N–H and O–H groups in total. The van der Waals surface area contributed by atoms with E-state index in [-0.39, 0.29) is 24.7 Å². The number of morpholine rings is 1. The number of rotatable bonds is 3. The zero-order valence-electron chi connectivity index (χ0n) is 12.2. The van der Waals surface area contributed by atoms with Crippen LogP contribution in [-0.2, 0) is 9.53 Å². The van der Waals surface area contributed by atoms with Crippen LogP contribution in [0.2, 0.25) is 0 Å². The summed E-state index contributed by atoms with van der Waals surface area (Å²) in [4.78, 5) is 26.8. The van der Waals surface area contributed by atoms with Crippen molar-refractivity contribution >= 4 is 12.0 Å². The minimum Gasteiger partial charge on any atom is -0.481 e. The minimum absolute atomic E-state index is 0.0710. The maximum Gasteiger partial charge on any atom is 0.320 e. The van der Waals surface area contributed by atoms with Crippen molar-refractivity contribution in [3.05, 3.63) is 0 Å². The molecule has 0 radical (unpaired) electrons. The molecule has 6 nitrogen and oxygen atoms in total. The van der Waals surface area contributed by atoms with E-state index in [0.717, 1.165) is 25.7 Å². The molecule has 1 aliphatic carbocycles. The van der Waals surface area contributed by atoms with Crippen LogP contribution in [0.1, 0.15) is 32.6 Å². The number of fused-ring (bicyclic) bond motifs is 1. The molecule has 6 heteroatoms. The topological polar surface area (TPSA) is 70.1 Å². The molecular formula is C14H24N2O4. The normalized spacial score (nSPS) is 27.6. The minimum atomic E-state index is -0.873. The van der Waals surface area contributed by atoms with Crippen LogP contribution in [-0.4, -0.2) is 65.8 Å². The molecule has 3 atom stereocenters. The van der Waals surface area contributed by atoms with Crippen LogP contribution in [0.15, 0.2) is 0 Å². The third kappa shape index (κ3) is 3.23. The third-order valence-electron chi connectivity index (χ3n) is 4.27. The molecule has 114 valence electrons. The van der Waals surface area contributed by atoms with Crippen LogP contribution in [0.3, 0.4) is 0 Å². The van der Waals surface area contributed by atoms with Crippen LogP contribution in [0.4, 0.5) is 4.79 Å². The van der Waals surface area contributed by atoms with E-state index in [0.29, 0.717) is 13.2 Å². The molecule has 0 aromatic carbocycles. The van der Waals surface area contributed by atoms with E-state index in [4.69, 9.17) is 9.84 Å². The summed E-state index contributed by atoms with van der Waals surface area (Å²) in [5.41, 5.74) is 0. The molecule has 3 unspecified atom stereocenters. The molecule has 0 bridgehead atoms. The van der Waals surface area contributed by atoms with Crippen molar-refractivity contribution in [3.8, 4) is 0 Å². The number of urea groups is 1. The molecule has 0 spiro atoms. The van der Waals surface area contributed by atoms with Gasteiger partial charge in [-0.25, -0.2) is 4.79 Å². The number of carboxylic acids is 1. The van der Waals surface area contributed by atoms with Crippen LogP contribution < -0.4 is 0 Å². The predicted octanol–water partition coefficient (Wildman–Crippen LogP) is 1.40. The van der Waals surface area contributed by atoms with Gasteiger partial charge in [0.1, 0.15) is 0 Å². The molecule has 2 amide bonds.